The average molecular weight is 285 g/mol. The molecule has 0 saturated heterocycles. The predicted octanol–water partition coefficient (Wildman–Crippen LogP) is 2.69. The molecule has 5 nitrogen and oxygen atoms in total. The fourth-order valence-electron chi connectivity index (χ4n) is 2.06. The monoisotopic (exact) mass is 285 g/mol. The molecule has 1 aromatic heterocycles. The Morgan fingerprint density at radius 1 is 1.19 bits per heavy atom. The van der Waals surface area contributed by atoms with E-state index in [-0.39, 0.29) is 23.2 Å². The lowest BCUT2D eigenvalue weighted by Gasteiger charge is -2.11. The van der Waals surface area contributed by atoms with Gasteiger partial charge in [0, 0.05) is 11.8 Å². The smallest absolute Gasteiger partial charge is 0.276 e. The molecule has 1 N–H and O–H groups in total. The van der Waals surface area contributed by atoms with E-state index in [1.165, 1.54) is 16.8 Å². The van der Waals surface area contributed by atoms with Crippen LogP contribution < -0.4 is 10.9 Å². The lowest BCUT2D eigenvalue weighted by Crippen LogP contribution is -2.27. The van der Waals surface area contributed by atoms with Gasteiger partial charge in [0.2, 0.25) is 0 Å². The summed E-state index contributed by atoms with van der Waals surface area (Å²) in [7, 11) is 0. The molecular weight excluding hydrogens is 266 g/mol. The standard InChI is InChI=1S/C16H19N3O2/c1-10(2)19-15(20)8-7-14(18-19)16(21)17-13-6-5-11(3)9-12(13)4/h5-10H,1-4H3,(H,17,21). The second kappa shape index (κ2) is 5.91. The third-order valence-corrected chi connectivity index (χ3v) is 3.18. The molecule has 0 fully saturated rings. The summed E-state index contributed by atoms with van der Waals surface area (Å²) < 4.78 is 1.30. The maximum absolute atomic E-state index is 12.2. The number of nitrogens with one attached hydrogen (secondary N) is 1. The van der Waals surface area contributed by atoms with E-state index in [4.69, 9.17) is 0 Å². The van der Waals surface area contributed by atoms with Crippen molar-refractivity contribution in [3.63, 3.8) is 0 Å². The number of amides is 1. The molecule has 0 aliphatic rings. The van der Waals surface area contributed by atoms with Gasteiger partial charge < -0.3 is 5.32 Å². The summed E-state index contributed by atoms with van der Waals surface area (Å²) in [6, 6.07) is 8.51. The Kier molecular flexibility index (Phi) is 4.21. The molecular formula is C16H19N3O2. The quantitative estimate of drug-likeness (QED) is 0.943. The van der Waals surface area contributed by atoms with E-state index in [9.17, 15) is 9.59 Å². The normalized spacial score (nSPS) is 10.7. The van der Waals surface area contributed by atoms with Gasteiger partial charge >= 0.3 is 0 Å². The molecule has 0 atom stereocenters. The summed E-state index contributed by atoms with van der Waals surface area (Å²) in [5.41, 5.74) is 2.88. The third kappa shape index (κ3) is 3.37. The Bertz CT molecular complexity index is 733. The van der Waals surface area contributed by atoms with Crippen LogP contribution in [0.1, 0.15) is 41.5 Å². The van der Waals surface area contributed by atoms with Crippen LogP contribution in [0.25, 0.3) is 0 Å². The molecule has 2 rings (SSSR count). The summed E-state index contributed by atoms with van der Waals surface area (Å²) >= 11 is 0. The van der Waals surface area contributed by atoms with Crippen molar-refractivity contribution in [1.29, 1.82) is 0 Å². The molecule has 21 heavy (non-hydrogen) atoms. The number of carbonyl (C=O) groups excluding carboxylic acids is 1. The van der Waals surface area contributed by atoms with Gasteiger partial charge in [-0.1, -0.05) is 17.7 Å². The second-order valence-electron chi connectivity index (χ2n) is 5.37. The molecule has 0 unspecified atom stereocenters. The molecule has 0 saturated carbocycles. The first kappa shape index (κ1) is 15.0. The fraction of sp³-hybridized carbons (Fsp3) is 0.312. The zero-order valence-corrected chi connectivity index (χ0v) is 12.7. The highest BCUT2D eigenvalue weighted by Gasteiger charge is 2.12. The summed E-state index contributed by atoms with van der Waals surface area (Å²) in [5.74, 6) is -0.323. The van der Waals surface area contributed by atoms with Gasteiger partial charge in [-0.05, 0) is 45.4 Å². The second-order valence-corrected chi connectivity index (χ2v) is 5.37. The van der Waals surface area contributed by atoms with Crippen molar-refractivity contribution in [1.82, 2.24) is 9.78 Å². The number of rotatable bonds is 3. The van der Waals surface area contributed by atoms with E-state index in [0.29, 0.717) is 0 Å². The first-order valence-corrected chi connectivity index (χ1v) is 6.87. The Morgan fingerprint density at radius 3 is 2.52 bits per heavy atom. The van der Waals surface area contributed by atoms with E-state index >= 15 is 0 Å². The fourth-order valence-corrected chi connectivity index (χ4v) is 2.06. The topological polar surface area (TPSA) is 64.0 Å². The largest absolute Gasteiger partial charge is 0.320 e. The van der Waals surface area contributed by atoms with E-state index in [0.717, 1.165) is 16.8 Å². The van der Waals surface area contributed by atoms with Crippen molar-refractivity contribution in [2.24, 2.45) is 0 Å². The first-order valence-electron chi connectivity index (χ1n) is 6.87. The van der Waals surface area contributed by atoms with Crippen molar-refractivity contribution < 1.29 is 4.79 Å². The number of hydrogen-bond acceptors (Lipinski definition) is 3. The molecule has 110 valence electrons. The van der Waals surface area contributed by atoms with Gasteiger partial charge in [-0.3, -0.25) is 9.59 Å². The summed E-state index contributed by atoms with van der Waals surface area (Å²) in [4.78, 5) is 23.9. The van der Waals surface area contributed by atoms with Gasteiger partial charge in [-0.2, -0.15) is 5.10 Å². The van der Waals surface area contributed by atoms with E-state index in [1.807, 2.05) is 45.9 Å². The molecule has 1 heterocycles. The SMILES string of the molecule is Cc1ccc(NC(=O)c2ccc(=O)n(C(C)C)n2)c(C)c1. The highest BCUT2D eigenvalue weighted by molar-refractivity contribution is 6.03. The third-order valence-electron chi connectivity index (χ3n) is 3.18. The molecule has 0 bridgehead atoms. The first-order chi connectivity index (χ1) is 9.88. The molecule has 5 heteroatoms. The number of aryl methyl sites for hydroxylation is 2. The van der Waals surface area contributed by atoms with E-state index in [1.54, 1.807) is 0 Å². The number of nitrogens with zero attached hydrogens (tertiary/aromatic N) is 2. The van der Waals surface area contributed by atoms with Gasteiger partial charge in [-0.25, -0.2) is 4.68 Å². The summed E-state index contributed by atoms with van der Waals surface area (Å²) in [6.07, 6.45) is 0. The Morgan fingerprint density at radius 2 is 1.90 bits per heavy atom. The van der Waals surface area contributed by atoms with Crippen LogP contribution >= 0.6 is 0 Å². The van der Waals surface area contributed by atoms with Crippen molar-refractivity contribution >= 4 is 11.6 Å². The van der Waals surface area contributed by atoms with Crippen LogP contribution in [0.15, 0.2) is 35.1 Å². The van der Waals surface area contributed by atoms with E-state index in [2.05, 4.69) is 10.4 Å². The maximum Gasteiger partial charge on any atom is 0.276 e. The van der Waals surface area contributed by atoms with Gasteiger partial charge in [0.05, 0.1) is 6.04 Å². The molecule has 1 amide bonds. The number of carbonyl (C=O) groups is 1. The lowest BCUT2D eigenvalue weighted by molar-refractivity contribution is 0.101. The predicted molar refractivity (Wildman–Crippen MR) is 82.8 cm³/mol. The minimum absolute atomic E-state index is 0.0913. The average Bonchev–Trinajstić information content (AvgIpc) is 2.42. The van der Waals surface area contributed by atoms with Gasteiger partial charge in [0.15, 0.2) is 0 Å². The van der Waals surface area contributed by atoms with Gasteiger partial charge in [0.25, 0.3) is 11.5 Å². The molecule has 1 aromatic carbocycles. The minimum Gasteiger partial charge on any atom is -0.320 e. The lowest BCUT2D eigenvalue weighted by atomic mass is 10.1. The summed E-state index contributed by atoms with van der Waals surface area (Å²) in [5, 5.41) is 6.93. The summed E-state index contributed by atoms with van der Waals surface area (Å²) in [6.45, 7) is 7.63. The van der Waals surface area contributed by atoms with Crippen LogP contribution in [-0.2, 0) is 0 Å². The van der Waals surface area contributed by atoms with E-state index < -0.39 is 0 Å². The Labute approximate surface area is 123 Å². The highest BCUT2D eigenvalue weighted by atomic mass is 16.2. The van der Waals surface area contributed by atoms with Crippen LogP contribution in [0.3, 0.4) is 0 Å². The molecule has 2 aromatic rings. The number of aromatic nitrogens is 2. The molecule has 0 spiro atoms. The molecule has 0 aliphatic heterocycles. The molecule has 0 radical (unpaired) electrons. The van der Waals surface area contributed by atoms with Crippen LogP contribution in [-0.4, -0.2) is 15.7 Å². The Balaban J connectivity index is 2.28. The van der Waals surface area contributed by atoms with Crippen LogP contribution in [0.4, 0.5) is 5.69 Å². The highest BCUT2D eigenvalue weighted by Crippen LogP contribution is 2.16. The van der Waals surface area contributed by atoms with Crippen LogP contribution in [0, 0.1) is 13.8 Å². The van der Waals surface area contributed by atoms with Gasteiger partial charge in [-0.15, -0.1) is 0 Å². The van der Waals surface area contributed by atoms with Crippen molar-refractivity contribution in [2.75, 3.05) is 5.32 Å². The van der Waals surface area contributed by atoms with Gasteiger partial charge in [0.1, 0.15) is 5.69 Å². The van der Waals surface area contributed by atoms with Crippen molar-refractivity contribution in [2.45, 2.75) is 33.7 Å². The zero-order chi connectivity index (χ0) is 15.6. The van der Waals surface area contributed by atoms with Crippen molar-refractivity contribution in [3.05, 3.63) is 57.5 Å². The number of benzene rings is 1. The van der Waals surface area contributed by atoms with Crippen molar-refractivity contribution in [3.8, 4) is 0 Å². The minimum atomic E-state index is -0.323. The number of anilines is 1. The van der Waals surface area contributed by atoms with Crippen LogP contribution in [0.5, 0.6) is 0 Å². The molecule has 0 aliphatic carbocycles. The number of hydrogen-bond donors (Lipinski definition) is 1. The Hall–Kier alpha value is -2.43. The zero-order valence-electron chi connectivity index (χ0n) is 12.7. The maximum atomic E-state index is 12.2. The van der Waals surface area contributed by atoms with Crippen LogP contribution in [0.2, 0.25) is 0 Å².